The summed E-state index contributed by atoms with van der Waals surface area (Å²) in [5, 5.41) is 14.4. The van der Waals surface area contributed by atoms with Gasteiger partial charge in [-0.2, -0.15) is 0 Å². The predicted octanol–water partition coefficient (Wildman–Crippen LogP) is 5.88. The number of aryl methyl sites for hydroxylation is 1. The summed E-state index contributed by atoms with van der Waals surface area (Å²) in [6.07, 6.45) is 3.73. The van der Waals surface area contributed by atoms with E-state index >= 15 is 0 Å². The minimum Gasteiger partial charge on any atom is -0.358 e. The maximum Gasteiger partial charge on any atom is 0.269 e. The summed E-state index contributed by atoms with van der Waals surface area (Å²) in [7, 11) is 0. The SMILES string of the molecule is Cc1ccc(C(=O)[C@@H]2[C@@H](C(=O)c3ccc([N+](=O)[O-])cc3)[C@]3(C(=O)Nc4ccccc43)[C@H]3c4ccccc4C=CN23)cc1. The van der Waals surface area contributed by atoms with Crippen LogP contribution in [0.25, 0.3) is 6.08 Å². The second-order valence-corrected chi connectivity index (χ2v) is 11.0. The molecular weight excluding hydrogens is 530 g/mol. The molecule has 8 nitrogen and oxygen atoms in total. The zero-order chi connectivity index (χ0) is 29.2. The number of anilines is 1. The topological polar surface area (TPSA) is 110 Å². The standard InChI is InChI=1S/C34H25N3O5/c1-20-10-12-23(13-11-20)31(39)29-28(30(38)22-14-16-24(17-15-22)37(41)42)34(26-8-4-5-9-27(26)35-33(34)40)32-25-7-3-2-6-21(25)18-19-36(29)32/h2-19,28-29,32H,1H3,(H,35,40)/t28-,29-,32+,34-/m0/s1. The van der Waals surface area contributed by atoms with Crippen LogP contribution in [0.2, 0.25) is 0 Å². The Bertz CT molecular complexity index is 1830. The largest absolute Gasteiger partial charge is 0.358 e. The van der Waals surface area contributed by atoms with E-state index in [0.29, 0.717) is 16.8 Å². The highest BCUT2D eigenvalue weighted by molar-refractivity contribution is 6.16. The van der Waals surface area contributed by atoms with Crippen molar-refractivity contribution in [2.75, 3.05) is 5.32 Å². The van der Waals surface area contributed by atoms with Gasteiger partial charge in [-0.15, -0.1) is 0 Å². The molecular formula is C34H25N3O5. The molecule has 4 atom stereocenters. The van der Waals surface area contributed by atoms with Crippen molar-refractivity contribution >= 4 is 34.9 Å². The van der Waals surface area contributed by atoms with E-state index in [-0.39, 0.29) is 22.9 Å². The third-order valence-electron chi connectivity index (χ3n) is 8.82. The minimum atomic E-state index is -1.46. The number of Topliss-reactive ketones (excluding diaryl/α,β-unsaturated/α-hetero) is 2. The van der Waals surface area contributed by atoms with Gasteiger partial charge in [-0.25, -0.2) is 0 Å². The fraction of sp³-hybridized carbons (Fsp3) is 0.147. The fourth-order valence-corrected chi connectivity index (χ4v) is 6.98. The van der Waals surface area contributed by atoms with Crippen molar-refractivity contribution in [1.82, 2.24) is 4.90 Å². The molecule has 1 saturated heterocycles. The first-order valence-corrected chi connectivity index (χ1v) is 13.7. The van der Waals surface area contributed by atoms with Gasteiger partial charge in [-0.3, -0.25) is 24.5 Å². The van der Waals surface area contributed by atoms with Crippen LogP contribution in [0.5, 0.6) is 0 Å². The fourth-order valence-electron chi connectivity index (χ4n) is 6.98. The third-order valence-corrected chi connectivity index (χ3v) is 8.82. The van der Waals surface area contributed by atoms with Crippen molar-refractivity contribution in [2.24, 2.45) is 5.92 Å². The first-order chi connectivity index (χ1) is 20.3. The molecule has 0 saturated carbocycles. The number of nitro benzene ring substituents is 1. The second-order valence-electron chi connectivity index (χ2n) is 11.0. The molecule has 3 heterocycles. The molecule has 7 rings (SSSR count). The van der Waals surface area contributed by atoms with Gasteiger partial charge in [-0.05, 0) is 47.9 Å². The molecule has 206 valence electrons. The summed E-state index contributed by atoms with van der Waals surface area (Å²) in [5.74, 6) is -2.21. The van der Waals surface area contributed by atoms with E-state index in [2.05, 4.69) is 5.32 Å². The number of nitrogens with one attached hydrogen (secondary N) is 1. The van der Waals surface area contributed by atoms with Crippen LogP contribution in [0.1, 0.15) is 49.0 Å². The molecule has 4 aromatic rings. The monoisotopic (exact) mass is 555 g/mol. The van der Waals surface area contributed by atoms with Crippen LogP contribution < -0.4 is 5.32 Å². The molecule has 0 radical (unpaired) electrons. The van der Waals surface area contributed by atoms with E-state index in [1.54, 1.807) is 18.2 Å². The summed E-state index contributed by atoms with van der Waals surface area (Å²) in [5.41, 5.74) is 2.99. The van der Waals surface area contributed by atoms with Gasteiger partial charge in [0.05, 0.1) is 16.9 Å². The molecule has 0 aliphatic carbocycles. The van der Waals surface area contributed by atoms with Crippen molar-refractivity contribution < 1.29 is 19.3 Å². The lowest BCUT2D eigenvalue weighted by Gasteiger charge is -2.38. The number of non-ortho nitro benzene ring substituents is 1. The van der Waals surface area contributed by atoms with Gasteiger partial charge in [0.25, 0.3) is 5.69 Å². The molecule has 0 aromatic heterocycles. The summed E-state index contributed by atoms with van der Waals surface area (Å²) >= 11 is 0. The lowest BCUT2D eigenvalue weighted by Crippen LogP contribution is -2.49. The van der Waals surface area contributed by atoms with Crippen molar-refractivity contribution in [2.45, 2.75) is 24.4 Å². The lowest BCUT2D eigenvalue weighted by atomic mass is 9.62. The predicted molar refractivity (Wildman–Crippen MR) is 157 cm³/mol. The Labute approximate surface area is 241 Å². The van der Waals surface area contributed by atoms with Gasteiger partial charge in [0.2, 0.25) is 5.91 Å². The van der Waals surface area contributed by atoms with Crippen LogP contribution in [-0.4, -0.2) is 33.3 Å². The molecule has 8 heteroatoms. The van der Waals surface area contributed by atoms with Crippen molar-refractivity contribution in [1.29, 1.82) is 0 Å². The van der Waals surface area contributed by atoms with E-state index in [4.69, 9.17) is 0 Å². The number of carbonyl (C=O) groups excluding carboxylic acids is 3. The Hall–Kier alpha value is -5.37. The lowest BCUT2D eigenvalue weighted by molar-refractivity contribution is -0.384. The average Bonchev–Trinajstić information content (AvgIpc) is 3.49. The molecule has 0 bridgehead atoms. The summed E-state index contributed by atoms with van der Waals surface area (Å²) in [4.78, 5) is 56.4. The number of hydrogen-bond donors (Lipinski definition) is 1. The third kappa shape index (κ3) is 3.51. The first-order valence-electron chi connectivity index (χ1n) is 13.7. The average molecular weight is 556 g/mol. The number of nitro groups is 1. The normalized spacial score (nSPS) is 23.2. The number of nitrogens with zero attached hydrogens (tertiary/aromatic N) is 2. The van der Waals surface area contributed by atoms with Gasteiger partial charge in [0, 0.05) is 35.1 Å². The quantitative estimate of drug-likeness (QED) is 0.187. The van der Waals surface area contributed by atoms with Crippen molar-refractivity contribution in [3.8, 4) is 0 Å². The van der Waals surface area contributed by atoms with Gasteiger partial charge in [-0.1, -0.05) is 72.3 Å². The van der Waals surface area contributed by atoms with Gasteiger partial charge in [0.1, 0.15) is 11.5 Å². The Morgan fingerprint density at radius 3 is 2.24 bits per heavy atom. The van der Waals surface area contributed by atoms with Crippen molar-refractivity contribution in [3.63, 3.8) is 0 Å². The highest BCUT2D eigenvalue weighted by Gasteiger charge is 2.70. The zero-order valence-electron chi connectivity index (χ0n) is 22.6. The van der Waals surface area contributed by atoms with E-state index in [1.807, 2.05) is 78.7 Å². The number of rotatable bonds is 5. The Morgan fingerprint density at radius 2 is 1.50 bits per heavy atom. The maximum absolute atomic E-state index is 14.7. The molecule has 42 heavy (non-hydrogen) atoms. The number of ketones is 2. The summed E-state index contributed by atoms with van der Waals surface area (Å²) < 4.78 is 0. The van der Waals surface area contributed by atoms with Crippen molar-refractivity contribution in [3.05, 3.63) is 147 Å². The van der Waals surface area contributed by atoms with E-state index < -0.39 is 34.1 Å². The molecule has 3 aliphatic heterocycles. The zero-order valence-corrected chi connectivity index (χ0v) is 22.6. The molecule has 1 amide bonds. The number of amides is 1. The minimum absolute atomic E-state index is 0.154. The first kappa shape index (κ1) is 25.6. The van der Waals surface area contributed by atoms with Crippen LogP contribution in [0, 0.1) is 23.0 Å². The number of hydrogen-bond acceptors (Lipinski definition) is 6. The van der Waals surface area contributed by atoms with Gasteiger partial charge in [0.15, 0.2) is 11.6 Å². The Kier molecular flexibility index (Phi) is 5.69. The molecule has 3 aliphatic rings. The molecule has 0 unspecified atom stereocenters. The van der Waals surface area contributed by atoms with E-state index in [9.17, 15) is 24.5 Å². The van der Waals surface area contributed by atoms with Crippen LogP contribution in [0.4, 0.5) is 11.4 Å². The van der Waals surface area contributed by atoms with Gasteiger partial charge >= 0.3 is 0 Å². The second kappa shape index (κ2) is 9.34. The van der Waals surface area contributed by atoms with Crippen LogP contribution in [-0.2, 0) is 10.2 Å². The smallest absolute Gasteiger partial charge is 0.269 e. The maximum atomic E-state index is 14.7. The number of para-hydroxylation sites is 1. The van der Waals surface area contributed by atoms with Crippen LogP contribution in [0.3, 0.4) is 0 Å². The van der Waals surface area contributed by atoms with E-state index in [1.165, 1.54) is 24.3 Å². The Balaban J connectivity index is 1.51. The van der Waals surface area contributed by atoms with Crippen LogP contribution in [0.15, 0.2) is 103 Å². The highest BCUT2D eigenvalue weighted by atomic mass is 16.6. The molecule has 1 fully saturated rings. The molecule has 1 N–H and O–H groups in total. The molecule has 1 spiro atoms. The number of benzene rings is 4. The number of fused-ring (bicyclic) bond motifs is 6. The van der Waals surface area contributed by atoms with E-state index in [0.717, 1.165) is 16.7 Å². The van der Waals surface area contributed by atoms with Crippen LogP contribution >= 0.6 is 0 Å². The molecule has 4 aromatic carbocycles. The highest BCUT2D eigenvalue weighted by Crippen LogP contribution is 2.62. The number of carbonyl (C=O) groups is 3. The Morgan fingerprint density at radius 1 is 0.857 bits per heavy atom. The summed E-state index contributed by atoms with van der Waals surface area (Å²) in [6.45, 7) is 1.93. The summed E-state index contributed by atoms with van der Waals surface area (Å²) in [6, 6.07) is 25.9. The van der Waals surface area contributed by atoms with Gasteiger partial charge < -0.3 is 10.2 Å².